The maximum Gasteiger partial charge on any atom is 0.319 e. The predicted octanol–water partition coefficient (Wildman–Crippen LogP) is 1.33. The normalized spacial score (nSPS) is 13.7. The van der Waals surface area contributed by atoms with Gasteiger partial charge in [0.2, 0.25) is 0 Å². The number of hydrogen-bond acceptors (Lipinski definition) is 3. The Hall–Kier alpha value is -3.03. The predicted molar refractivity (Wildman–Crippen MR) is 90.3 cm³/mol. The summed E-state index contributed by atoms with van der Waals surface area (Å²) < 4.78 is 1.96. The van der Waals surface area contributed by atoms with Crippen molar-refractivity contribution in [2.45, 2.75) is 6.92 Å². The summed E-state index contributed by atoms with van der Waals surface area (Å²) in [6.07, 6.45) is 3.63. The summed E-state index contributed by atoms with van der Waals surface area (Å²) in [6, 6.07) is 7.13. The van der Waals surface area contributed by atoms with E-state index in [-0.39, 0.29) is 12.1 Å². The second-order valence-corrected chi connectivity index (χ2v) is 5.49. The van der Waals surface area contributed by atoms with Gasteiger partial charge >= 0.3 is 12.1 Å². The van der Waals surface area contributed by atoms with Crippen molar-refractivity contribution in [1.29, 1.82) is 0 Å². The molecule has 1 aromatic heterocycles. The number of nitrogens with zero attached hydrogens (tertiary/aromatic N) is 3. The van der Waals surface area contributed by atoms with Gasteiger partial charge in [-0.25, -0.2) is 14.6 Å². The van der Waals surface area contributed by atoms with Gasteiger partial charge in [0.1, 0.15) is 5.82 Å². The largest absolute Gasteiger partial charge is 0.336 e. The van der Waals surface area contributed by atoms with Crippen molar-refractivity contribution in [2.75, 3.05) is 31.5 Å². The first-order valence-corrected chi connectivity index (χ1v) is 7.81. The Balaban J connectivity index is 1.48. The van der Waals surface area contributed by atoms with Gasteiger partial charge in [-0.1, -0.05) is 0 Å². The molecule has 8 nitrogen and oxygen atoms in total. The third kappa shape index (κ3) is 3.65. The Kier molecular flexibility index (Phi) is 4.64. The van der Waals surface area contributed by atoms with Gasteiger partial charge in [0.25, 0.3) is 0 Å². The highest BCUT2D eigenvalue weighted by Gasteiger charge is 2.18. The van der Waals surface area contributed by atoms with Crippen molar-refractivity contribution in [3.05, 3.63) is 42.5 Å². The van der Waals surface area contributed by atoms with E-state index >= 15 is 0 Å². The first-order chi connectivity index (χ1) is 11.6. The van der Waals surface area contributed by atoms with Crippen molar-refractivity contribution in [3.8, 4) is 5.69 Å². The molecule has 0 radical (unpaired) electrons. The van der Waals surface area contributed by atoms with E-state index in [1.807, 2.05) is 42.0 Å². The molecule has 1 aromatic carbocycles. The number of benzene rings is 1. The van der Waals surface area contributed by atoms with E-state index < -0.39 is 0 Å². The molecule has 1 fully saturated rings. The fraction of sp³-hybridized carbons (Fsp3) is 0.312. The van der Waals surface area contributed by atoms with Crippen molar-refractivity contribution < 1.29 is 9.59 Å². The summed E-state index contributed by atoms with van der Waals surface area (Å²) in [5.41, 5.74) is 1.68. The number of aromatic nitrogens is 2. The number of anilines is 1. The molecule has 0 aliphatic carbocycles. The van der Waals surface area contributed by atoms with Crippen LogP contribution in [0.4, 0.5) is 15.3 Å². The van der Waals surface area contributed by atoms with Crippen LogP contribution in [0, 0.1) is 6.92 Å². The number of hydrogen-bond donors (Lipinski definition) is 3. The highest BCUT2D eigenvalue weighted by molar-refractivity contribution is 5.89. The minimum absolute atomic E-state index is 0.0809. The van der Waals surface area contributed by atoms with Crippen LogP contribution in [0.25, 0.3) is 5.69 Å². The molecule has 24 heavy (non-hydrogen) atoms. The molecule has 8 heteroatoms. The van der Waals surface area contributed by atoms with Crippen LogP contribution in [-0.4, -0.2) is 52.7 Å². The van der Waals surface area contributed by atoms with E-state index in [1.165, 1.54) is 0 Å². The molecular weight excluding hydrogens is 308 g/mol. The highest BCUT2D eigenvalue weighted by Crippen LogP contribution is 2.14. The van der Waals surface area contributed by atoms with Crippen LogP contribution in [0.1, 0.15) is 5.82 Å². The number of carbonyl (C=O) groups excluding carboxylic acids is 2. The quantitative estimate of drug-likeness (QED) is 0.773. The van der Waals surface area contributed by atoms with Crippen LogP contribution in [0.15, 0.2) is 36.7 Å². The van der Waals surface area contributed by atoms with E-state index in [4.69, 9.17) is 0 Å². The van der Waals surface area contributed by atoms with E-state index in [0.29, 0.717) is 31.9 Å². The van der Waals surface area contributed by atoms with Gasteiger partial charge in [-0.3, -0.25) is 0 Å². The molecule has 0 spiro atoms. The average Bonchev–Trinajstić information content (AvgIpc) is 3.17. The number of carbonyl (C=O) groups is 2. The zero-order valence-electron chi connectivity index (χ0n) is 13.5. The number of rotatable bonds is 5. The van der Waals surface area contributed by atoms with Crippen molar-refractivity contribution in [3.63, 3.8) is 0 Å². The standard InChI is InChI=1S/C16H20N6O2/c1-12-17-8-11-22(12)14-4-2-13(3-5-14)20-15(23)18-6-9-21-10-7-19-16(21)24/h2-5,8,11H,6-7,9-10H2,1H3,(H,19,24)(H2,18,20,23). The lowest BCUT2D eigenvalue weighted by molar-refractivity contribution is 0.216. The molecule has 1 aliphatic rings. The fourth-order valence-corrected chi connectivity index (χ4v) is 2.56. The zero-order valence-corrected chi connectivity index (χ0v) is 13.5. The van der Waals surface area contributed by atoms with Crippen LogP contribution < -0.4 is 16.0 Å². The third-order valence-corrected chi connectivity index (χ3v) is 3.84. The van der Waals surface area contributed by atoms with E-state index in [2.05, 4.69) is 20.9 Å². The summed E-state index contributed by atoms with van der Waals surface area (Å²) in [5.74, 6) is 0.902. The van der Waals surface area contributed by atoms with Gasteiger partial charge in [-0.05, 0) is 31.2 Å². The first-order valence-electron chi connectivity index (χ1n) is 7.81. The van der Waals surface area contributed by atoms with Crippen molar-refractivity contribution >= 4 is 17.7 Å². The molecule has 0 bridgehead atoms. The van der Waals surface area contributed by atoms with E-state index in [0.717, 1.165) is 11.5 Å². The summed E-state index contributed by atoms with van der Waals surface area (Å²) in [5, 5.41) is 8.24. The maximum absolute atomic E-state index is 11.9. The molecule has 2 heterocycles. The topological polar surface area (TPSA) is 91.3 Å². The molecule has 1 saturated heterocycles. The Morgan fingerprint density at radius 2 is 2.12 bits per heavy atom. The lowest BCUT2D eigenvalue weighted by atomic mass is 10.2. The SMILES string of the molecule is Cc1nccn1-c1ccc(NC(=O)NCCN2CCNC2=O)cc1. The average molecular weight is 328 g/mol. The molecule has 0 atom stereocenters. The van der Waals surface area contributed by atoms with Gasteiger partial charge in [-0.2, -0.15) is 0 Å². The highest BCUT2D eigenvalue weighted by atomic mass is 16.2. The third-order valence-electron chi connectivity index (χ3n) is 3.84. The molecule has 3 N–H and O–H groups in total. The Morgan fingerprint density at radius 3 is 2.75 bits per heavy atom. The molecular formula is C16H20N6O2. The van der Waals surface area contributed by atoms with Crippen LogP contribution in [0.5, 0.6) is 0 Å². The molecule has 0 saturated carbocycles. The van der Waals surface area contributed by atoms with Gasteiger partial charge in [0.15, 0.2) is 0 Å². The molecule has 126 valence electrons. The van der Waals surface area contributed by atoms with Gasteiger partial charge in [-0.15, -0.1) is 0 Å². The summed E-state index contributed by atoms with van der Waals surface area (Å²) >= 11 is 0. The summed E-state index contributed by atoms with van der Waals surface area (Å²) in [4.78, 5) is 29.1. The maximum atomic E-state index is 11.9. The number of nitrogens with one attached hydrogen (secondary N) is 3. The van der Waals surface area contributed by atoms with Crippen LogP contribution >= 0.6 is 0 Å². The molecule has 2 aromatic rings. The monoisotopic (exact) mass is 328 g/mol. The van der Waals surface area contributed by atoms with E-state index in [1.54, 1.807) is 11.1 Å². The lowest BCUT2D eigenvalue weighted by Gasteiger charge is -2.14. The molecule has 0 unspecified atom stereocenters. The smallest absolute Gasteiger partial charge is 0.319 e. The second-order valence-electron chi connectivity index (χ2n) is 5.49. The Labute approximate surface area is 139 Å². The van der Waals surface area contributed by atoms with Crippen LogP contribution in [-0.2, 0) is 0 Å². The minimum Gasteiger partial charge on any atom is -0.336 e. The number of aryl methyl sites for hydroxylation is 1. The lowest BCUT2D eigenvalue weighted by Crippen LogP contribution is -2.38. The molecule has 4 amide bonds. The van der Waals surface area contributed by atoms with Gasteiger partial charge in [0, 0.05) is 49.9 Å². The first kappa shape index (κ1) is 15.9. The van der Waals surface area contributed by atoms with E-state index in [9.17, 15) is 9.59 Å². The van der Waals surface area contributed by atoms with Crippen molar-refractivity contribution in [1.82, 2.24) is 25.1 Å². The van der Waals surface area contributed by atoms with Crippen molar-refractivity contribution in [2.24, 2.45) is 0 Å². The fourth-order valence-electron chi connectivity index (χ4n) is 2.56. The van der Waals surface area contributed by atoms with Crippen LogP contribution in [0.3, 0.4) is 0 Å². The Morgan fingerprint density at radius 1 is 1.33 bits per heavy atom. The second kappa shape index (κ2) is 7.03. The number of imidazole rings is 1. The van der Waals surface area contributed by atoms with Gasteiger partial charge < -0.3 is 25.4 Å². The molecule has 1 aliphatic heterocycles. The van der Waals surface area contributed by atoms with Gasteiger partial charge in [0.05, 0.1) is 0 Å². The Bertz CT molecular complexity index is 724. The number of urea groups is 2. The number of amides is 4. The summed E-state index contributed by atoms with van der Waals surface area (Å²) in [6.45, 7) is 4.18. The summed E-state index contributed by atoms with van der Waals surface area (Å²) in [7, 11) is 0. The minimum atomic E-state index is -0.291. The molecule has 3 rings (SSSR count). The zero-order chi connectivity index (χ0) is 16.9. The van der Waals surface area contributed by atoms with Crippen LogP contribution in [0.2, 0.25) is 0 Å².